The maximum atomic E-state index is 6.14. The fourth-order valence-corrected chi connectivity index (χ4v) is 2.29. The maximum Gasteiger partial charge on any atom is 0.101 e. The summed E-state index contributed by atoms with van der Waals surface area (Å²) in [6.07, 6.45) is 0. The molecule has 0 fully saturated rings. The molecule has 92 valence electrons. The van der Waals surface area contributed by atoms with Gasteiger partial charge in [-0.3, -0.25) is 0 Å². The van der Waals surface area contributed by atoms with E-state index < -0.39 is 0 Å². The van der Waals surface area contributed by atoms with Crippen LogP contribution in [0.4, 0.5) is 5.69 Å². The second-order valence-corrected chi connectivity index (χ2v) is 5.01. The maximum absolute atomic E-state index is 6.14. The van der Waals surface area contributed by atoms with Gasteiger partial charge >= 0.3 is 0 Å². The molecule has 2 aromatic carbocycles. The van der Waals surface area contributed by atoms with Crippen LogP contribution in [0.25, 0.3) is 0 Å². The highest BCUT2D eigenvalue weighted by Gasteiger charge is 2.13. The predicted octanol–water partition coefficient (Wildman–Crippen LogP) is 3.40. The van der Waals surface area contributed by atoms with E-state index in [1.807, 2.05) is 30.3 Å². The SMILES string of the molecule is NN=C(c1ccc(Br)cc1N)c1ccccc1Cl. The number of benzene rings is 2. The summed E-state index contributed by atoms with van der Waals surface area (Å²) in [5.41, 5.74) is 8.66. The van der Waals surface area contributed by atoms with Crippen molar-refractivity contribution in [1.29, 1.82) is 0 Å². The molecule has 2 rings (SSSR count). The summed E-state index contributed by atoms with van der Waals surface area (Å²) >= 11 is 9.51. The molecule has 0 saturated carbocycles. The average Bonchev–Trinajstić information content (AvgIpc) is 2.34. The first kappa shape index (κ1) is 12.9. The van der Waals surface area contributed by atoms with E-state index in [2.05, 4.69) is 21.0 Å². The van der Waals surface area contributed by atoms with Gasteiger partial charge < -0.3 is 11.6 Å². The Labute approximate surface area is 119 Å². The summed E-state index contributed by atoms with van der Waals surface area (Å²) in [6.45, 7) is 0. The van der Waals surface area contributed by atoms with Crippen LogP contribution in [0, 0.1) is 0 Å². The van der Waals surface area contributed by atoms with E-state index in [0.29, 0.717) is 16.4 Å². The van der Waals surface area contributed by atoms with Gasteiger partial charge in [0.1, 0.15) is 5.71 Å². The van der Waals surface area contributed by atoms with E-state index in [4.69, 9.17) is 23.2 Å². The van der Waals surface area contributed by atoms with Crippen LogP contribution >= 0.6 is 27.5 Å². The van der Waals surface area contributed by atoms with Crippen LogP contribution in [0.3, 0.4) is 0 Å². The molecule has 18 heavy (non-hydrogen) atoms. The van der Waals surface area contributed by atoms with E-state index in [1.54, 1.807) is 12.1 Å². The van der Waals surface area contributed by atoms with Crippen molar-refractivity contribution in [3.63, 3.8) is 0 Å². The third-order valence-corrected chi connectivity index (χ3v) is 3.35. The third kappa shape index (κ3) is 2.49. The molecule has 2 aromatic rings. The molecule has 0 spiro atoms. The Morgan fingerprint density at radius 1 is 1.11 bits per heavy atom. The highest BCUT2D eigenvalue weighted by atomic mass is 79.9. The molecule has 0 amide bonds. The Bertz CT molecular complexity index is 611. The summed E-state index contributed by atoms with van der Waals surface area (Å²) in [4.78, 5) is 0. The fraction of sp³-hybridized carbons (Fsp3) is 0. The first-order valence-corrected chi connectivity index (χ1v) is 6.38. The molecule has 5 heteroatoms. The lowest BCUT2D eigenvalue weighted by molar-refractivity contribution is 1.24. The minimum Gasteiger partial charge on any atom is -0.398 e. The summed E-state index contributed by atoms with van der Waals surface area (Å²) in [5.74, 6) is 5.47. The second kappa shape index (κ2) is 5.42. The minimum absolute atomic E-state index is 0.575. The number of hydrogen-bond donors (Lipinski definition) is 2. The van der Waals surface area contributed by atoms with E-state index in [9.17, 15) is 0 Å². The molecule has 0 saturated heterocycles. The van der Waals surface area contributed by atoms with Gasteiger partial charge in [0.05, 0.1) is 5.02 Å². The molecule has 0 aliphatic rings. The molecule has 0 radical (unpaired) electrons. The van der Waals surface area contributed by atoms with Crippen molar-refractivity contribution in [2.24, 2.45) is 10.9 Å². The normalized spacial score (nSPS) is 11.6. The van der Waals surface area contributed by atoms with Crippen LogP contribution in [0.2, 0.25) is 5.02 Å². The standard InChI is InChI=1S/C13H11BrClN3/c14-8-5-6-10(12(16)7-8)13(18-17)9-3-1-2-4-11(9)15/h1-7H,16-17H2. The summed E-state index contributed by atoms with van der Waals surface area (Å²) in [7, 11) is 0. The molecule has 0 bridgehead atoms. The number of hydrazone groups is 1. The van der Waals surface area contributed by atoms with Gasteiger partial charge in [0.25, 0.3) is 0 Å². The highest BCUT2D eigenvalue weighted by Crippen LogP contribution is 2.25. The summed E-state index contributed by atoms with van der Waals surface area (Å²) < 4.78 is 0.902. The van der Waals surface area contributed by atoms with Crippen molar-refractivity contribution in [2.45, 2.75) is 0 Å². The zero-order valence-electron chi connectivity index (χ0n) is 9.40. The number of nitrogen functional groups attached to an aromatic ring is 1. The lowest BCUT2D eigenvalue weighted by Gasteiger charge is -2.10. The molecule has 0 unspecified atom stereocenters. The van der Waals surface area contributed by atoms with Crippen molar-refractivity contribution in [3.8, 4) is 0 Å². The Hall–Kier alpha value is -1.52. The van der Waals surface area contributed by atoms with Gasteiger partial charge in [-0.1, -0.05) is 45.7 Å². The van der Waals surface area contributed by atoms with Crippen LogP contribution in [-0.2, 0) is 0 Å². The molecular weight excluding hydrogens is 314 g/mol. The van der Waals surface area contributed by atoms with Gasteiger partial charge in [-0.05, 0) is 24.3 Å². The van der Waals surface area contributed by atoms with Gasteiger partial charge in [-0.15, -0.1) is 0 Å². The lowest BCUT2D eigenvalue weighted by Crippen LogP contribution is -2.10. The van der Waals surface area contributed by atoms with Crippen LogP contribution in [0.1, 0.15) is 11.1 Å². The first-order chi connectivity index (χ1) is 8.63. The molecule has 0 atom stereocenters. The highest BCUT2D eigenvalue weighted by molar-refractivity contribution is 9.10. The van der Waals surface area contributed by atoms with Crippen molar-refractivity contribution in [3.05, 3.63) is 63.1 Å². The van der Waals surface area contributed by atoms with Crippen LogP contribution < -0.4 is 11.6 Å². The Morgan fingerprint density at radius 2 is 1.83 bits per heavy atom. The van der Waals surface area contributed by atoms with Gasteiger partial charge in [-0.2, -0.15) is 5.10 Å². The second-order valence-electron chi connectivity index (χ2n) is 3.69. The summed E-state index contributed by atoms with van der Waals surface area (Å²) in [5, 5.41) is 4.40. The molecule has 0 heterocycles. The number of nitrogens with two attached hydrogens (primary N) is 2. The number of anilines is 1. The average molecular weight is 325 g/mol. The Balaban J connectivity index is 2.57. The molecule has 3 nitrogen and oxygen atoms in total. The van der Waals surface area contributed by atoms with Gasteiger partial charge in [0.15, 0.2) is 0 Å². The number of halogens is 2. The molecular formula is C13H11BrClN3. The van der Waals surface area contributed by atoms with Gasteiger partial charge in [0, 0.05) is 21.3 Å². The molecule has 4 N–H and O–H groups in total. The van der Waals surface area contributed by atoms with E-state index in [-0.39, 0.29) is 0 Å². The van der Waals surface area contributed by atoms with Crippen molar-refractivity contribution in [1.82, 2.24) is 0 Å². The van der Waals surface area contributed by atoms with E-state index >= 15 is 0 Å². The monoisotopic (exact) mass is 323 g/mol. The van der Waals surface area contributed by atoms with Gasteiger partial charge in [0.2, 0.25) is 0 Å². The Morgan fingerprint density at radius 3 is 2.44 bits per heavy atom. The van der Waals surface area contributed by atoms with Crippen LogP contribution in [-0.4, -0.2) is 5.71 Å². The zero-order chi connectivity index (χ0) is 13.1. The molecule has 0 aromatic heterocycles. The largest absolute Gasteiger partial charge is 0.398 e. The number of nitrogens with zero attached hydrogens (tertiary/aromatic N) is 1. The zero-order valence-corrected chi connectivity index (χ0v) is 11.7. The molecule has 0 aliphatic carbocycles. The first-order valence-electron chi connectivity index (χ1n) is 5.21. The quantitative estimate of drug-likeness (QED) is 0.385. The molecule has 0 aliphatic heterocycles. The van der Waals surface area contributed by atoms with E-state index in [0.717, 1.165) is 15.6 Å². The lowest BCUT2D eigenvalue weighted by atomic mass is 10.0. The smallest absolute Gasteiger partial charge is 0.101 e. The van der Waals surface area contributed by atoms with Crippen molar-refractivity contribution < 1.29 is 0 Å². The van der Waals surface area contributed by atoms with E-state index in [1.165, 1.54) is 0 Å². The minimum atomic E-state index is 0.575. The summed E-state index contributed by atoms with van der Waals surface area (Å²) in [6, 6.07) is 12.9. The van der Waals surface area contributed by atoms with Gasteiger partial charge in [-0.25, -0.2) is 0 Å². The Kier molecular flexibility index (Phi) is 3.89. The third-order valence-electron chi connectivity index (χ3n) is 2.53. The topological polar surface area (TPSA) is 64.4 Å². The number of hydrogen-bond acceptors (Lipinski definition) is 3. The van der Waals surface area contributed by atoms with Crippen LogP contribution in [0.5, 0.6) is 0 Å². The number of rotatable bonds is 2. The van der Waals surface area contributed by atoms with Crippen molar-refractivity contribution in [2.75, 3.05) is 5.73 Å². The fourth-order valence-electron chi connectivity index (χ4n) is 1.69. The van der Waals surface area contributed by atoms with Crippen molar-refractivity contribution >= 4 is 38.9 Å². The van der Waals surface area contributed by atoms with Crippen LogP contribution in [0.15, 0.2) is 52.0 Å². The predicted molar refractivity (Wildman–Crippen MR) is 79.8 cm³/mol.